The summed E-state index contributed by atoms with van der Waals surface area (Å²) >= 11 is 0. The van der Waals surface area contributed by atoms with Crippen molar-refractivity contribution in [3.05, 3.63) is 198 Å². The van der Waals surface area contributed by atoms with Crippen LogP contribution in [0.3, 0.4) is 0 Å². The maximum atomic E-state index is 4.14. The van der Waals surface area contributed by atoms with Crippen molar-refractivity contribution in [1.29, 1.82) is 0 Å². The van der Waals surface area contributed by atoms with Crippen molar-refractivity contribution in [3.63, 3.8) is 0 Å². The van der Waals surface area contributed by atoms with E-state index in [1.54, 1.807) is 0 Å². The van der Waals surface area contributed by atoms with Gasteiger partial charge < -0.3 is 10.2 Å². The van der Waals surface area contributed by atoms with Gasteiger partial charge in [-0.1, -0.05) is 179 Å². The Kier molecular flexibility index (Phi) is 7.16. The van der Waals surface area contributed by atoms with E-state index >= 15 is 0 Å². The van der Waals surface area contributed by atoms with E-state index in [1.807, 2.05) is 0 Å². The summed E-state index contributed by atoms with van der Waals surface area (Å²) in [5.41, 5.74) is 21.5. The van der Waals surface area contributed by atoms with Gasteiger partial charge in [-0.15, -0.1) is 0 Å². The molecule has 0 atom stereocenters. The lowest BCUT2D eigenvalue weighted by molar-refractivity contribution is 0.633. The smallest absolute Gasteiger partial charge is 0.198 e. The first-order valence-electron chi connectivity index (χ1n) is 21.0. The molecule has 9 aromatic rings. The quantitative estimate of drug-likeness (QED) is 0.180. The molecule has 0 saturated carbocycles. The van der Waals surface area contributed by atoms with Gasteiger partial charge in [0.05, 0.1) is 5.69 Å². The second-order valence-corrected chi connectivity index (χ2v) is 17.8. The van der Waals surface area contributed by atoms with Crippen molar-refractivity contribution >= 4 is 68.2 Å². The number of nitrogens with one attached hydrogen (secondary N) is 1. The molecule has 3 aliphatic rings. The third-order valence-corrected chi connectivity index (χ3v) is 13.8. The first-order valence-corrected chi connectivity index (χ1v) is 21.0. The number of benzene rings is 9. The van der Waals surface area contributed by atoms with E-state index in [9.17, 15) is 0 Å². The average Bonchev–Trinajstić information content (AvgIpc) is 3.50. The Balaban J connectivity index is 1.13. The second-order valence-electron chi connectivity index (χ2n) is 17.8. The Bertz CT molecular complexity index is 3230. The molecule has 0 unspecified atom stereocenters. The van der Waals surface area contributed by atoms with Crippen LogP contribution in [0, 0.1) is 0 Å². The topological polar surface area (TPSA) is 15.3 Å². The molecule has 0 radical (unpaired) electrons. The minimum Gasteiger partial charge on any atom is -0.355 e. The first-order chi connectivity index (χ1) is 28.8. The van der Waals surface area contributed by atoms with E-state index in [4.69, 9.17) is 0 Å². The minimum absolute atomic E-state index is 0.160. The fourth-order valence-electron chi connectivity index (χ4n) is 11.0. The number of hydrogen-bond donors (Lipinski definition) is 1. The van der Waals surface area contributed by atoms with Crippen LogP contribution in [0.25, 0.3) is 54.9 Å². The van der Waals surface area contributed by atoms with Gasteiger partial charge in [-0.2, -0.15) is 0 Å². The standard InChI is InChI=1S/C56H43BN2/c1-55(2)44-25-15-26-46-54(44)59(49-32-36-19-9-8-18-35(36)30-45(49)55)50-33-38-20-10-11-21-39(38)51(53(50)57-46)42-29-28-37(34-16-6-5-7-17-34)31-48(42)58-47-27-14-23-41-40-22-12-13-24-43(40)56(3,4)52(41)47/h5-33,57-58H,1-4H3. The summed E-state index contributed by atoms with van der Waals surface area (Å²) in [6, 6.07) is 65.8. The number of hydrogen-bond acceptors (Lipinski definition) is 2. The lowest BCUT2D eigenvalue weighted by atomic mass is 9.55. The Morgan fingerprint density at radius 1 is 0.458 bits per heavy atom. The zero-order valence-electron chi connectivity index (χ0n) is 33.9. The van der Waals surface area contributed by atoms with E-state index in [2.05, 4.69) is 214 Å². The van der Waals surface area contributed by atoms with Gasteiger partial charge in [-0.05, 0) is 107 Å². The van der Waals surface area contributed by atoms with E-state index in [0.717, 1.165) is 18.7 Å². The molecular formula is C56H43BN2. The Labute approximate surface area is 347 Å². The highest BCUT2D eigenvalue weighted by atomic mass is 15.2. The van der Waals surface area contributed by atoms with Crippen LogP contribution in [0.1, 0.15) is 49.9 Å². The van der Waals surface area contributed by atoms with Gasteiger partial charge in [-0.25, -0.2) is 0 Å². The van der Waals surface area contributed by atoms with Crippen molar-refractivity contribution in [2.24, 2.45) is 0 Å². The van der Waals surface area contributed by atoms with Gasteiger partial charge in [0.2, 0.25) is 0 Å². The highest BCUT2D eigenvalue weighted by molar-refractivity contribution is 6.74. The van der Waals surface area contributed by atoms with E-state index < -0.39 is 0 Å². The van der Waals surface area contributed by atoms with Crippen LogP contribution in [-0.2, 0) is 10.8 Å². The van der Waals surface area contributed by atoms with Crippen LogP contribution >= 0.6 is 0 Å². The SMILES string of the molecule is CC1(C)c2cc3ccccc3cc2N2c3cc4ccccc4c(-c4ccc(-c5ccccc5)cc4Nc4cccc5c4C(C)(C)c4ccccc4-5)c3Bc3cccc1c32. The molecular weight excluding hydrogens is 711 g/mol. The molecule has 280 valence electrons. The molecule has 0 aromatic heterocycles. The minimum atomic E-state index is -0.161. The summed E-state index contributed by atoms with van der Waals surface area (Å²) in [6.45, 7) is 9.55. The van der Waals surface area contributed by atoms with Crippen molar-refractivity contribution in [1.82, 2.24) is 0 Å². The zero-order valence-corrected chi connectivity index (χ0v) is 33.9. The number of rotatable bonds is 4. The van der Waals surface area contributed by atoms with Crippen LogP contribution in [0.2, 0.25) is 0 Å². The fraction of sp³-hybridized carbons (Fsp3) is 0.107. The molecule has 3 heteroatoms. The average molecular weight is 755 g/mol. The van der Waals surface area contributed by atoms with Crippen LogP contribution < -0.4 is 21.1 Å². The summed E-state index contributed by atoms with van der Waals surface area (Å²) in [5.74, 6) is 0. The molecule has 9 aromatic carbocycles. The molecule has 0 bridgehead atoms. The third kappa shape index (κ3) is 4.88. The number of nitrogens with zero attached hydrogens (tertiary/aromatic N) is 1. The van der Waals surface area contributed by atoms with Crippen LogP contribution in [0.15, 0.2) is 176 Å². The van der Waals surface area contributed by atoms with Crippen LogP contribution in [-0.4, -0.2) is 7.28 Å². The van der Waals surface area contributed by atoms with Gasteiger partial charge in [0.15, 0.2) is 7.28 Å². The largest absolute Gasteiger partial charge is 0.355 e. The molecule has 1 N–H and O–H groups in total. The van der Waals surface area contributed by atoms with Gasteiger partial charge >= 0.3 is 0 Å². The highest BCUT2D eigenvalue weighted by Crippen LogP contribution is 2.55. The number of anilines is 5. The molecule has 2 heterocycles. The fourth-order valence-corrected chi connectivity index (χ4v) is 11.0. The Morgan fingerprint density at radius 3 is 1.98 bits per heavy atom. The van der Waals surface area contributed by atoms with Crippen LogP contribution in [0.4, 0.5) is 28.4 Å². The Hall–Kier alpha value is -6.84. The number of para-hydroxylation sites is 1. The predicted octanol–water partition coefficient (Wildman–Crippen LogP) is 13.2. The Morgan fingerprint density at radius 2 is 1.14 bits per heavy atom. The molecule has 59 heavy (non-hydrogen) atoms. The third-order valence-electron chi connectivity index (χ3n) is 13.8. The lowest BCUT2D eigenvalue weighted by Gasteiger charge is -2.46. The first kappa shape index (κ1) is 34.2. The van der Waals surface area contributed by atoms with E-state index in [-0.39, 0.29) is 10.8 Å². The van der Waals surface area contributed by atoms with Gasteiger partial charge in [0.1, 0.15) is 0 Å². The summed E-state index contributed by atoms with van der Waals surface area (Å²) in [5, 5.41) is 9.19. The molecule has 2 nitrogen and oxygen atoms in total. The zero-order chi connectivity index (χ0) is 39.6. The molecule has 1 aliphatic carbocycles. The van der Waals surface area contributed by atoms with E-state index in [0.29, 0.717) is 0 Å². The van der Waals surface area contributed by atoms with Crippen molar-refractivity contribution in [2.75, 3.05) is 10.2 Å². The summed E-state index contributed by atoms with van der Waals surface area (Å²) in [4.78, 5) is 2.61. The highest BCUT2D eigenvalue weighted by Gasteiger charge is 2.42. The lowest BCUT2D eigenvalue weighted by Crippen LogP contribution is -2.45. The van der Waals surface area contributed by atoms with Crippen molar-refractivity contribution in [3.8, 4) is 33.4 Å². The predicted molar refractivity (Wildman–Crippen MR) is 253 cm³/mol. The van der Waals surface area contributed by atoms with Crippen molar-refractivity contribution in [2.45, 2.75) is 38.5 Å². The summed E-state index contributed by atoms with van der Waals surface area (Å²) in [6.07, 6.45) is 0. The van der Waals surface area contributed by atoms with Gasteiger partial charge in [0, 0.05) is 39.1 Å². The molecule has 0 saturated heterocycles. The van der Waals surface area contributed by atoms with Crippen molar-refractivity contribution < 1.29 is 0 Å². The molecule has 0 fully saturated rings. The van der Waals surface area contributed by atoms with E-state index in [1.165, 1.54) is 105 Å². The second kappa shape index (κ2) is 12.3. The molecule has 0 spiro atoms. The van der Waals surface area contributed by atoms with Gasteiger partial charge in [-0.3, -0.25) is 0 Å². The molecule has 12 rings (SSSR count). The summed E-state index contributed by atoms with van der Waals surface area (Å²) in [7, 11) is 0.844. The maximum absolute atomic E-state index is 4.14. The van der Waals surface area contributed by atoms with Crippen LogP contribution in [0.5, 0.6) is 0 Å². The van der Waals surface area contributed by atoms with Gasteiger partial charge in [0.25, 0.3) is 0 Å². The maximum Gasteiger partial charge on any atom is 0.198 e. The number of fused-ring (bicyclic) bond motifs is 9. The molecule has 0 amide bonds. The molecule has 2 aliphatic heterocycles. The normalized spacial score (nSPS) is 14.8. The monoisotopic (exact) mass is 754 g/mol. The summed E-state index contributed by atoms with van der Waals surface area (Å²) < 4.78 is 0.